The molecule has 0 amide bonds. The summed E-state index contributed by atoms with van der Waals surface area (Å²) in [5.74, 6) is 5.84. The van der Waals surface area contributed by atoms with Crippen molar-refractivity contribution < 1.29 is 17.9 Å². The van der Waals surface area contributed by atoms with Gasteiger partial charge in [-0.1, -0.05) is 5.92 Å². The van der Waals surface area contributed by atoms with Crippen molar-refractivity contribution in [2.45, 2.75) is 38.3 Å². The van der Waals surface area contributed by atoms with Crippen LogP contribution in [0.4, 0.5) is 19.1 Å². The smallest absolute Gasteiger partial charge is 0.381 e. The quantitative estimate of drug-likeness (QED) is 0.600. The Bertz CT molecular complexity index is 1210. The number of rotatable bonds is 1. The molecule has 3 aromatic rings. The van der Waals surface area contributed by atoms with Gasteiger partial charge in [0, 0.05) is 32.1 Å². The van der Waals surface area contributed by atoms with Crippen LogP contribution in [-0.2, 0) is 4.74 Å². The molecule has 1 spiro atoms. The van der Waals surface area contributed by atoms with E-state index in [2.05, 4.69) is 31.9 Å². The number of alkyl halides is 3. The summed E-state index contributed by atoms with van der Waals surface area (Å²) in [6.45, 7) is 3.40. The number of aromatic amines is 1. The standard InChI is InChI=1S/C21H21F3N6O/c22-21(23,24)20(3-4-20)2-1-14-15-16(28-27-14)26-18(30-11-8-25-17(15)30)29-9-5-19(6-10-29)7-12-31-13-19/h8,11H,3-7,9-10,12-13H2,(H,27,28). The molecule has 6 rings (SSSR count). The van der Waals surface area contributed by atoms with Crippen molar-refractivity contribution in [2.24, 2.45) is 10.8 Å². The summed E-state index contributed by atoms with van der Waals surface area (Å²) < 4.78 is 47.2. The number of halogens is 3. The second-order valence-electron chi connectivity index (χ2n) is 8.95. The molecule has 0 bridgehead atoms. The molecule has 0 aromatic carbocycles. The molecule has 7 nitrogen and oxygen atoms in total. The SMILES string of the molecule is FC(F)(F)C1(C#Cc2n[nH]c3nc(N4CCC5(CCOC5)CC4)n4ccnc4c23)CC1. The van der Waals surface area contributed by atoms with Gasteiger partial charge in [-0.25, -0.2) is 4.98 Å². The van der Waals surface area contributed by atoms with Gasteiger partial charge < -0.3 is 9.64 Å². The van der Waals surface area contributed by atoms with Crippen molar-refractivity contribution in [3.63, 3.8) is 0 Å². The molecule has 2 saturated heterocycles. The molecule has 0 radical (unpaired) electrons. The molecule has 10 heteroatoms. The Balaban J connectivity index is 1.37. The average Bonchev–Trinajstić information content (AvgIpc) is 3.08. The molecule has 0 unspecified atom stereocenters. The highest BCUT2D eigenvalue weighted by Gasteiger charge is 2.62. The first kappa shape index (κ1) is 18.9. The number of aromatic nitrogens is 5. The summed E-state index contributed by atoms with van der Waals surface area (Å²) >= 11 is 0. The van der Waals surface area contributed by atoms with Crippen LogP contribution in [0.5, 0.6) is 0 Å². The van der Waals surface area contributed by atoms with E-state index in [1.54, 1.807) is 6.20 Å². The number of hydrogen-bond acceptors (Lipinski definition) is 5. The zero-order valence-electron chi connectivity index (χ0n) is 16.8. The highest BCUT2D eigenvalue weighted by Crippen LogP contribution is 2.57. The number of hydrogen-bond donors (Lipinski definition) is 1. The Hall–Kier alpha value is -2.80. The Morgan fingerprint density at radius 1 is 1.13 bits per heavy atom. The van der Waals surface area contributed by atoms with E-state index in [0.29, 0.717) is 16.7 Å². The molecule has 2 aliphatic heterocycles. The third-order valence-corrected chi connectivity index (χ3v) is 7.04. The van der Waals surface area contributed by atoms with E-state index in [1.165, 1.54) is 0 Å². The highest BCUT2D eigenvalue weighted by atomic mass is 19.4. The van der Waals surface area contributed by atoms with Crippen LogP contribution in [0, 0.1) is 22.7 Å². The van der Waals surface area contributed by atoms with Gasteiger partial charge in [0.2, 0.25) is 5.95 Å². The van der Waals surface area contributed by atoms with Gasteiger partial charge in [0.05, 0.1) is 12.0 Å². The molecule has 1 aliphatic carbocycles. The summed E-state index contributed by atoms with van der Waals surface area (Å²) in [5.41, 5.74) is -0.284. The van der Waals surface area contributed by atoms with E-state index in [4.69, 9.17) is 9.72 Å². The van der Waals surface area contributed by atoms with Crippen molar-refractivity contribution in [3.05, 3.63) is 18.1 Å². The Morgan fingerprint density at radius 3 is 2.61 bits per heavy atom. The van der Waals surface area contributed by atoms with E-state index in [1.807, 2.05) is 10.6 Å². The molecule has 1 saturated carbocycles. The van der Waals surface area contributed by atoms with Crippen LogP contribution in [0.2, 0.25) is 0 Å². The van der Waals surface area contributed by atoms with E-state index in [0.717, 1.165) is 51.5 Å². The lowest BCUT2D eigenvalue weighted by Crippen LogP contribution is -2.41. The summed E-state index contributed by atoms with van der Waals surface area (Å²) in [6.07, 6.45) is 2.43. The molecule has 31 heavy (non-hydrogen) atoms. The molecule has 5 heterocycles. The summed E-state index contributed by atoms with van der Waals surface area (Å²) in [4.78, 5) is 11.4. The van der Waals surface area contributed by atoms with Gasteiger partial charge in [0.15, 0.2) is 11.3 Å². The normalized spacial score (nSPS) is 22.2. The second kappa shape index (κ2) is 6.36. The fourth-order valence-corrected chi connectivity index (χ4v) is 4.75. The topological polar surface area (TPSA) is 71.3 Å². The first-order valence-electron chi connectivity index (χ1n) is 10.5. The van der Waals surface area contributed by atoms with Crippen molar-refractivity contribution in [1.29, 1.82) is 0 Å². The monoisotopic (exact) mass is 430 g/mol. The van der Waals surface area contributed by atoms with Crippen molar-refractivity contribution in [2.75, 3.05) is 31.2 Å². The number of nitrogens with zero attached hydrogens (tertiary/aromatic N) is 5. The fourth-order valence-electron chi connectivity index (χ4n) is 4.75. The minimum atomic E-state index is -4.32. The summed E-state index contributed by atoms with van der Waals surface area (Å²) in [7, 11) is 0. The van der Waals surface area contributed by atoms with Gasteiger partial charge in [0.25, 0.3) is 0 Å². The molecular weight excluding hydrogens is 409 g/mol. The predicted octanol–water partition coefficient (Wildman–Crippen LogP) is 3.31. The molecular formula is C21H21F3N6O. The van der Waals surface area contributed by atoms with Gasteiger partial charge in [-0.05, 0) is 43.4 Å². The number of H-pyrrole nitrogens is 1. The van der Waals surface area contributed by atoms with Crippen molar-refractivity contribution >= 4 is 22.6 Å². The van der Waals surface area contributed by atoms with Crippen molar-refractivity contribution in [1.82, 2.24) is 24.6 Å². The van der Waals surface area contributed by atoms with Crippen molar-refractivity contribution in [3.8, 4) is 11.8 Å². The molecule has 1 N–H and O–H groups in total. The predicted molar refractivity (Wildman–Crippen MR) is 107 cm³/mol. The van der Waals surface area contributed by atoms with Crippen LogP contribution in [0.1, 0.15) is 37.8 Å². The van der Waals surface area contributed by atoms with Gasteiger partial charge >= 0.3 is 6.18 Å². The third kappa shape index (κ3) is 2.90. The van der Waals surface area contributed by atoms with E-state index in [9.17, 15) is 13.2 Å². The lowest BCUT2D eigenvalue weighted by molar-refractivity contribution is -0.168. The Labute approximate surface area is 176 Å². The van der Waals surface area contributed by atoms with Crippen LogP contribution in [0.3, 0.4) is 0 Å². The number of nitrogens with one attached hydrogen (secondary N) is 1. The minimum Gasteiger partial charge on any atom is -0.381 e. The molecule has 3 aliphatic rings. The first-order chi connectivity index (χ1) is 14.9. The maximum absolute atomic E-state index is 13.2. The van der Waals surface area contributed by atoms with E-state index in [-0.39, 0.29) is 24.0 Å². The second-order valence-corrected chi connectivity index (χ2v) is 8.95. The largest absolute Gasteiger partial charge is 0.405 e. The van der Waals surface area contributed by atoms with Crippen LogP contribution >= 0.6 is 0 Å². The fraction of sp³-hybridized carbons (Fsp3) is 0.571. The maximum Gasteiger partial charge on any atom is 0.405 e. The Kier molecular flexibility index (Phi) is 3.88. The zero-order valence-corrected chi connectivity index (χ0v) is 16.8. The van der Waals surface area contributed by atoms with Gasteiger partial charge in [-0.15, -0.1) is 0 Å². The van der Waals surface area contributed by atoms with Gasteiger partial charge in [0.1, 0.15) is 11.1 Å². The van der Waals surface area contributed by atoms with Crippen LogP contribution in [0.15, 0.2) is 12.4 Å². The maximum atomic E-state index is 13.2. The Morgan fingerprint density at radius 2 is 1.94 bits per heavy atom. The molecule has 0 atom stereocenters. The van der Waals surface area contributed by atoms with Gasteiger partial charge in [-0.3, -0.25) is 9.50 Å². The summed E-state index contributed by atoms with van der Waals surface area (Å²) in [6, 6.07) is 0. The highest BCUT2D eigenvalue weighted by molar-refractivity contribution is 5.94. The number of anilines is 1. The molecule has 162 valence electrons. The average molecular weight is 430 g/mol. The third-order valence-electron chi connectivity index (χ3n) is 7.04. The van der Waals surface area contributed by atoms with Crippen LogP contribution in [-0.4, -0.2) is 57.0 Å². The van der Waals surface area contributed by atoms with Gasteiger partial charge in [-0.2, -0.15) is 23.3 Å². The summed E-state index contributed by atoms with van der Waals surface area (Å²) in [5, 5.41) is 7.57. The number of imidazole rings is 1. The first-order valence-corrected chi connectivity index (χ1v) is 10.5. The number of fused-ring (bicyclic) bond motifs is 3. The van der Waals surface area contributed by atoms with E-state index < -0.39 is 11.6 Å². The van der Waals surface area contributed by atoms with Crippen LogP contribution in [0.25, 0.3) is 16.7 Å². The number of piperidine rings is 1. The lowest BCUT2D eigenvalue weighted by Gasteiger charge is -2.38. The minimum absolute atomic E-state index is 0.0362. The lowest BCUT2D eigenvalue weighted by atomic mass is 9.78. The van der Waals surface area contributed by atoms with E-state index >= 15 is 0 Å². The molecule has 3 aromatic heterocycles. The zero-order chi connectivity index (χ0) is 21.3. The molecule has 3 fully saturated rings. The van der Waals surface area contributed by atoms with Crippen LogP contribution < -0.4 is 4.90 Å². The number of ether oxygens (including phenoxy) is 1.